The first-order chi connectivity index (χ1) is 8.12. The van der Waals surface area contributed by atoms with Crippen LogP contribution >= 0.6 is 0 Å². The maximum absolute atomic E-state index is 10.4. The lowest BCUT2D eigenvalue weighted by molar-refractivity contribution is 0.383. The zero-order valence-corrected chi connectivity index (χ0v) is 10.4. The SMILES string of the molecule is CCC(N)(CC)c1ccc2ccccc2c1O. The van der Waals surface area contributed by atoms with Crippen LogP contribution in [0, 0.1) is 0 Å². The molecule has 0 saturated heterocycles. The second-order valence-electron chi connectivity index (χ2n) is 4.55. The molecule has 2 aromatic rings. The van der Waals surface area contributed by atoms with Crippen LogP contribution in [0.15, 0.2) is 36.4 Å². The summed E-state index contributed by atoms with van der Waals surface area (Å²) in [5.41, 5.74) is 6.76. The minimum atomic E-state index is -0.436. The Morgan fingerprint density at radius 3 is 2.35 bits per heavy atom. The number of fused-ring (bicyclic) bond motifs is 1. The van der Waals surface area contributed by atoms with Crippen molar-refractivity contribution in [3.8, 4) is 5.75 Å². The van der Waals surface area contributed by atoms with Gasteiger partial charge in [0.25, 0.3) is 0 Å². The van der Waals surface area contributed by atoms with E-state index in [1.165, 1.54) is 0 Å². The highest BCUT2D eigenvalue weighted by Gasteiger charge is 2.26. The van der Waals surface area contributed by atoms with Crippen molar-refractivity contribution >= 4 is 10.8 Å². The molecule has 0 spiro atoms. The van der Waals surface area contributed by atoms with Gasteiger partial charge in [-0.15, -0.1) is 0 Å². The molecule has 17 heavy (non-hydrogen) atoms. The number of hydrogen-bond acceptors (Lipinski definition) is 2. The maximum Gasteiger partial charge on any atom is 0.128 e. The number of nitrogens with two attached hydrogens (primary N) is 1. The molecular formula is C15H19NO. The Bertz CT molecular complexity index is 529. The molecule has 0 radical (unpaired) electrons. The minimum Gasteiger partial charge on any atom is -0.507 e. The summed E-state index contributed by atoms with van der Waals surface area (Å²) < 4.78 is 0. The van der Waals surface area contributed by atoms with Gasteiger partial charge < -0.3 is 10.8 Å². The zero-order valence-electron chi connectivity index (χ0n) is 10.4. The standard InChI is InChI=1S/C15H19NO/c1-3-15(16,4-2)13-10-9-11-7-5-6-8-12(11)14(13)17/h5-10,17H,3-4,16H2,1-2H3. The molecule has 2 aromatic carbocycles. The zero-order chi connectivity index (χ0) is 12.5. The van der Waals surface area contributed by atoms with Crippen molar-refractivity contribution in [2.24, 2.45) is 5.73 Å². The van der Waals surface area contributed by atoms with Gasteiger partial charge in [-0.3, -0.25) is 0 Å². The van der Waals surface area contributed by atoms with E-state index in [-0.39, 0.29) is 0 Å². The fraction of sp³-hybridized carbons (Fsp3) is 0.333. The molecule has 0 aromatic heterocycles. The maximum atomic E-state index is 10.4. The second kappa shape index (κ2) is 4.38. The van der Waals surface area contributed by atoms with Crippen LogP contribution in [0.25, 0.3) is 10.8 Å². The number of rotatable bonds is 3. The molecule has 0 amide bonds. The Balaban J connectivity index is 2.68. The Morgan fingerprint density at radius 2 is 1.71 bits per heavy atom. The van der Waals surface area contributed by atoms with E-state index in [0.29, 0.717) is 5.75 Å². The minimum absolute atomic E-state index is 0.328. The molecule has 0 saturated carbocycles. The van der Waals surface area contributed by atoms with Crippen molar-refractivity contribution in [2.75, 3.05) is 0 Å². The summed E-state index contributed by atoms with van der Waals surface area (Å²) in [6.45, 7) is 4.11. The largest absolute Gasteiger partial charge is 0.507 e. The molecule has 90 valence electrons. The lowest BCUT2D eigenvalue weighted by Gasteiger charge is -2.28. The molecule has 0 aliphatic carbocycles. The highest BCUT2D eigenvalue weighted by atomic mass is 16.3. The number of hydrogen-bond donors (Lipinski definition) is 2. The fourth-order valence-electron chi connectivity index (χ4n) is 2.29. The van der Waals surface area contributed by atoms with Crippen LogP contribution in [0.1, 0.15) is 32.3 Å². The molecule has 2 rings (SSSR count). The molecule has 0 fully saturated rings. The summed E-state index contributed by atoms with van der Waals surface area (Å²) in [7, 11) is 0. The van der Waals surface area contributed by atoms with Crippen LogP contribution in [0.4, 0.5) is 0 Å². The van der Waals surface area contributed by atoms with Crippen LogP contribution in [-0.4, -0.2) is 5.11 Å². The second-order valence-corrected chi connectivity index (χ2v) is 4.55. The van der Waals surface area contributed by atoms with Gasteiger partial charge in [0.2, 0.25) is 0 Å². The Hall–Kier alpha value is -1.54. The molecule has 0 aliphatic rings. The molecule has 2 heteroatoms. The molecular weight excluding hydrogens is 210 g/mol. The summed E-state index contributed by atoms with van der Waals surface area (Å²) in [6, 6.07) is 11.8. The van der Waals surface area contributed by atoms with Crippen molar-refractivity contribution in [1.82, 2.24) is 0 Å². The monoisotopic (exact) mass is 229 g/mol. The number of phenols is 1. The van der Waals surface area contributed by atoms with E-state index in [1.807, 2.05) is 36.4 Å². The molecule has 0 atom stereocenters. The molecule has 3 N–H and O–H groups in total. The van der Waals surface area contributed by atoms with Crippen molar-refractivity contribution in [3.63, 3.8) is 0 Å². The van der Waals surface area contributed by atoms with Crippen molar-refractivity contribution in [1.29, 1.82) is 0 Å². The van der Waals surface area contributed by atoms with E-state index in [4.69, 9.17) is 5.73 Å². The topological polar surface area (TPSA) is 46.2 Å². The number of benzene rings is 2. The van der Waals surface area contributed by atoms with E-state index in [1.54, 1.807) is 0 Å². The first kappa shape index (κ1) is 11.9. The van der Waals surface area contributed by atoms with Crippen LogP contribution in [0.3, 0.4) is 0 Å². The van der Waals surface area contributed by atoms with Gasteiger partial charge >= 0.3 is 0 Å². The number of aromatic hydroxyl groups is 1. The molecule has 0 aliphatic heterocycles. The Morgan fingerprint density at radius 1 is 1.06 bits per heavy atom. The van der Waals surface area contributed by atoms with Gasteiger partial charge in [0.15, 0.2) is 0 Å². The Kier molecular flexibility index (Phi) is 3.07. The van der Waals surface area contributed by atoms with E-state index in [9.17, 15) is 5.11 Å². The average Bonchev–Trinajstić information content (AvgIpc) is 2.38. The third-order valence-corrected chi connectivity index (χ3v) is 3.70. The molecule has 2 nitrogen and oxygen atoms in total. The summed E-state index contributed by atoms with van der Waals surface area (Å²) in [4.78, 5) is 0. The van der Waals surface area contributed by atoms with Gasteiger partial charge in [-0.2, -0.15) is 0 Å². The predicted octanol–water partition coefficient (Wildman–Crippen LogP) is 3.52. The van der Waals surface area contributed by atoms with Crippen molar-refractivity contribution < 1.29 is 5.11 Å². The molecule has 0 unspecified atom stereocenters. The summed E-state index contributed by atoms with van der Waals surface area (Å²) in [5, 5.41) is 12.3. The Labute approximate surface area is 102 Å². The van der Waals surface area contributed by atoms with Crippen LogP contribution in [0.2, 0.25) is 0 Å². The highest BCUT2D eigenvalue weighted by Crippen LogP contribution is 2.37. The lowest BCUT2D eigenvalue weighted by Crippen LogP contribution is -2.35. The van der Waals surface area contributed by atoms with Crippen LogP contribution in [-0.2, 0) is 5.54 Å². The normalized spacial score (nSPS) is 11.9. The van der Waals surface area contributed by atoms with Gasteiger partial charge in [0.05, 0.1) is 0 Å². The van der Waals surface area contributed by atoms with E-state index in [0.717, 1.165) is 29.2 Å². The van der Waals surface area contributed by atoms with Gasteiger partial charge in [-0.1, -0.05) is 50.2 Å². The summed E-state index contributed by atoms with van der Waals surface area (Å²) >= 11 is 0. The van der Waals surface area contributed by atoms with Crippen LogP contribution < -0.4 is 5.73 Å². The first-order valence-electron chi connectivity index (χ1n) is 6.12. The summed E-state index contributed by atoms with van der Waals surface area (Å²) in [6.07, 6.45) is 1.63. The van der Waals surface area contributed by atoms with Crippen LogP contribution in [0.5, 0.6) is 5.75 Å². The van der Waals surface area contributed by atoms with E-state index in [2.05, 4.69) is 13.8 Å². The quantitative estimate of drug-likeness (QED) is 0.846. The highest BCUT2D eigenvalue weighted by molar-refractivity contribution is 5.89. The summed E-state index contributed by atoms with van der Waals surface area (Å²) in [5.74, 6) is 0.328. The predicted molar refractivity (Wildman–Crippen MR) is 72.1 cm³/mol. The first-order valence-corrected chi connectivity index (χ1v) is 6.12. The van der Waals surface area contributed by atoms with E-state index < -0.39 is 5.54 Å². The van der Waals surface area contributed by atoms with E-state index >= 15 is 0 Å². The van der Waals surface area contributed by atoms with Crippen molar-refractivity contribution in [2.45, 2.75) is 32.2 Å². The number of phenolic OH excluding ortho intramolecular Hbond substituents is 1. The third-order valence-electron chi connectivity index (χ3n) is 3.70. The molecule has 0 heterocycles. The van der Waals surface area contributed by atoms with Gasteiger partial charge in [0.1, 0.15) is 5.75 Å². The van der Waals surface area contributed by atoms with Gasteiger partial charge in [-0.25, -0.2) is 0 Å². The lowest BCUT2D eigenvalue weighted by atomic mass is 9.84. The van der Waals surface area contributed by atoms with Crippen molar-refractivity contribution in [3.05, 3.63) is 42.0 Å². The fourth-order valence-corrected chi connectivity index (χ4v) is 2.29. The average molecular weight is 229 g/mol. The smallest absolute Gasteiger partial charge is 0.128 e. The third kappa shape index (κ3) is 1.89. The molecule has 0 bridgehead atoms. The van der Waals surface area contributed by atoms with Gasteiger partial charge in [-0.05, 0) is 18.2 Å². The van der Waals surface area contributed by atoms with Gasteiger partial charge in [0, 0.05) is 16.5 Å².